The van der Waals surface area contributed by atoms with Crippen LogP contribution in [0.15, 0.2) is 24.3 Å². The van der Waals surface area contributed by atoms with Crippen LogP contribution in [0.3, 0.4) is 0 Å². The number of aliphatic hydroxyl groups is 1. The summed E-state index contributed by atoms with van der Waals surface area (Å²) >= 11 is 0. The number of amides is 1. The highest BCUT2D eigenvalue weighted by Gasteiger charge is 2.13. The average Bonchev–Trinajstić information content (AvgIpc) is 2.92. The second-order valence-corrected chi connectivity index (χ2v) is 5.57. The van der Waals surface area contributed by atoms with Crippen molar-refractivity contribution < 1.29 is 9.90 Å². The molecule has 0 spiro atoms. The molecule has 110 valence electrons. The molecule has 1 atom stereocenters. The van der Waals surface area contributed by atoms with E-state index in [2.05, 4.69) is 16.3 Å². The number of hydrogen-bond donors (Lipinski definition) is 2. The van der Waals surface area contributed by atoms with Gasteiger partial charge < -0.3 is 10.4 Å². The lowest BCUT2D eigenvalue weighted by Crippen LogP contribution is -2.33. The molecule has 2 rings (SSSR count). The van der Waals surface area contributed by atoms with Crippen LogP contribution < -0.4 is 5.32 Å². The van der Waals surface area contributed by atoms with Crippen LogP contribution in [-0.2, 0) is 6.54 Å². The summed E-state index contributed by atoms with van der Waals surface area (Å²) in [5, 5.41) is 11.8. The first-order valence-electron chi connectivity index (χ1n) is 7.42. The largest absolute Gasteiger partial charge is 0.396 e. The lowest BCUT2D eigenvalue weighted by Gasteiger charge is -2.16. The summed E-state index contributed by atoms with van der Waals surface area (Å²) in [6, 6.07) is 7.83. The Bertz CT molecular complexity index is 442. The SMILES string of the molecule is CC(CCO)NC(=O)c1cccc(CN2CCCC2)c1. The van der Waals surface area contributed by atoms with E-state index < -0.39 is 0 Å². The van der Waals surface area contributed by atoms with E-state index in [-0.39, 0.29) is 18.6 Å². The van der Waals surface area contributed by atoms with E-state index >= 15 is 0 Å². The number of hydrogen-bond acceptors (Lipinski definition) is 3. The minimum Gasteiger partial charge on any atom is -0.396 e. The number of aliphatic hydroxyl groups excluding tert-OH is 1. The van der Waals surface area contributed by atoms with Crippen molar-refractivity contribution in [3.63, 3.8) is 0 Å². The van der Waals surface area contributed by atoms with Gasteiger partial charge in [-0.05, 0) is 57.0 Å². The van der Waals surface area contributed by atoms with Crippen LogP contribution in [0.5, 0.6) is 0 Å². The zero-order valence-electron chi connectivity index (χ0n) is 12.1. The molecular weight excluding hydrogens is 252 g/mol. The third kappa shape index (κ3) is 4.32. The van der Waals surface area contributed by atoms with Crippen LogP contribution >= 0.6 is 0 Å². The third-order valence-corrected chi connectivity index (χ3v) is 3.73. The number of carbonyl (C=O) groups is 1. The highest BCUT2D eigenvalue weighted by molar-refractivity contribution is 5.94. The zero-order valence-corrected chi connectivity index (χ0v) is 12.1. The molecule has 0 aliphatic carbocycles. The van der Waals surface area contributed by atoms with Gasteiger partial charge in [0.2, 0.25) is 0 Å². The Balaban J connectivity index is 1.95. The molecule has 1 heterocycles. The number of rotatable bonds is 6. The minimum atomic E-state index is -0.0609. The summed E-state index contributed by atoms with van der Waals surface area (Å²) in [5.41, 5.74) is 1.89. The molecular formula is C16H24N2O2. The van der Waals surface area contributed by atoms with Crippen LogP contribution in [0.25, 0.3) is 0 Å². The second kappa shape index (κ2) is 7.41. The van der Waals surface area contributed by atoms with Crippen molar-refractivity contribution in [2.24, 2.45) is 0 Å². The molecule has 1 aliphatic rings. The Morgan fingerprint density at radius 2 is 2.15 bits per heavy atom. The van der Waals surface area contributed by atoms with Crippen LogP contribution in [-0.4, -0.2) is 41.7 Å². The van der Waals surface area contributed by atoms with E-state index in [9.17, 15) is 4.79 Å². The van der Waals surface area contributed by atoms with Crippen molar-refractivity contribution in [3.8, 4) is 0 Å². The van der Waals surface area contributed by atoms with E-state index in [1.165, 1.54) is 18.4 Å². The average molecular weight is 276 g/mol. The molecule has 1 saturated heterocycles. The predicted octanol–water partition coefficient (Wildman–Crippen LogP) is 1.78. The van der Waals surface area contributed by atoms with E-state index in [0.717, 1.165) is 19.6 Å². The van der Waals surface area contributed by atoms with E-state index in [1.54, 1.807) is 0 Å². The maximum Gasteiger partial charge on any atom is 0.251 e. The maximum atomic E-state index is 12.1. The number of benzene rings is 1. The molecule has 1 aromatic carbocycles. The summed E-state index contributed by atoms with van der Waals surface area (Å²) in [6.45, 7) is 5.24. The Morgan fingerprint density at radius 1 is 1.40 bits per heavy atom. The standard InChI is InChI=1S/C16H24N2O2/c1-13(7-10-19)17-16(20)15-6-4-5-14(11-15)12-18-8-2-3-9-18/h4-6,11,13,19H,2-3,7-10,12H2,1H3,(H,17,20). The summed E-state index contributed by atoms with van der Waals surface area (Å²) in [4.78, 5) is 14.5. The summed E-state index contributed by atoms with van der Waals surface area (Å²) in [6.07, 6.45) is 3.14. The lowest BCUT2D eigenvalue weighted by molar-refractivity contribution is 0.0934. The van der Waals surface area contributed by atoms with Gasteiger partial charge in [0.1, 0.15) is 0 Å². The van der Waals surface area contributed by atoms with Gasteiger partial charge >= 0.3 is 0 Å². The van der Waals surface area contributed by atoms with Crippen LogP contribution in [0.1, 0.15) is 42.1 Å². The van der Waals surface area contributed by atoms with Gasteiger partial charge in [-0.2, -0.15) is 0 Å². The fourth-order valence-electron chi connectivity index (χ4n) is 2.58. The molecule has 0 aromatic heterocycles. The molecule has 1 unspecified atom stereocenters. The molecule has 20 heavy (non-hydrogen) atoms. The molecule has 1 amide bonds. The summed E-state index contributed by atoms with van der Waals surface area (Å²) in [5.74, 6) is -0.0609. The van der Waals surface area contributed by atoms with Crippen molar-refractivity contribution in [2.75, 3.05) is 19.7 Å². The molecule has 1 aliphatic heterocycles. The number of nitrogens with zero attached hydrogens (tertiary/aromatic N) is 1. The molecule has 2 N–H and O–H groups in total. The van der Waals surface area contributed by atoms with Gasteiger partial charge in [-0.3, -0.25) is 9.69 Å². The summed E-state index contributed by atoms with van der Waals surface area (Å²) in [7, 11) is 0. The molecule has 0 saturated carbocycles. The highest BCUT2D eigenvalue weighted by atomic mass is 16.3. The van der Waals surface area contributed by atoms with Gasteiger partial charge in [0.05, 0.1) is 0 Å². The van der Waals surface area contributed by atoms with Crippen molar-refractivity contribution in [1.82, 2.24) is 10.2 Å². The molecule has 4 nitrogen and oxygen atoms in total. The Hall–Kier alpha value is -1.39. The van der Waals surface area contributed by atoms with E-state index in [4.69, 9.17) is 5.11 Å². The van der Waals surface area contributed by atoms with Gasteiger partial charge in [0, 0.05) is 24.8 Å². The minimum absolute atomic E-state index is 0.00487. The highest BCUT2D eigenvalue weighted by Crippen LogP contribution is 2.14. The van der Waals surface area contributed by atoms with Crippen LogP contribution in [0.4, 0.5) is 0 Å². The van der Waals surface area contributed by atoms with Crippen molar-refractivity contribution in [3.05, 3.63) is 35.4 Å². The van der Waals surface area contributed by atoms with Gasteiger partial charge in [-0.15, -0.1) is 0 Å². The Morgan fingerprint density at radius 3 is 2.85 bits per heavy atom. The zero-order chi connectivity index (χ0) is 14.4. The van der Waals surface area contributed by atoms with Crippen LogP contribution in [0.2, 0.25) is 0 Å². The van der Waals surface area contributed by atoms with Crippen molar-refractivity contribution in [2.45, 2.75) is 38.8 Å². The predicted molar refractivity (Wildman–Crippen MR) is 79.6 cm³/mol. The van der Waals surface area contributed by atoms with Gasteiger partial charge in [0.15, 0.2) is 0 Å². The molecule has 4 heteroatoms. The number of carbonyl (C=O) groups excluding carboxylic acids is 1. The first-order chi connectivity index (χ1) is 9.69. The van der Waals surface area contributed by atoms with E-state index in [0.29, 0.717) is 12.0 Å². The van der Waals surface area contributed by atoms with Gasteiger partial charge in [-0.25, -0.2) is 0 Å². The number of likely N-dealkylation sites (tertiary alicyclic amines) is 1. The first kappa shape index (κ1) is 15.0. The van der Waals surface area contributed by atoms with Crippen molar-refractivity contribution in [1.29, 1.82) is 0 Å². The monoisotopic (exact) mass is 276 g/mol. The topological polar surface area (TPSA) is 52.6 Å². The van der Waals surface area contributed by atoms with Gasteiger partial charge in [0.25, 0.3) is 5.91 Å². The fraction of sp³-hybridized carbons (Fsp3) is 0.562. The second-order valence-electron chi connectivity index (χ2n) is 5.57. The molecule has 0 bridgehead atoms. The fourth-order valence-corrected chi connectivity index (χ4v) is 2.58. The molecule has 0 radical (unpaired) electrons. The third-order valence-electron chi connectivity index (χ3n) is 3.73. The maximum absolute atomic E-state index is 12.1. The Kier molecular flexibility index (Phi) is 5.56. The Labute approximate surface area is 120 Å². The lowest BCUT2D eigenvalue weighted by atomic mass is 10.1. The van der Waals surface area contributed by atoms with Crippen molar-refractivity contribution >= 4 is 5.91 Å². The quantitative estimate of drug-likeness (QED) is 0.833. The molecule has 1 fully saturated rings. The smallest absolute Gasteiger partial charge is 0.251 e. The summed E-state index contributed by atoms with van der Waals surface area (Å²) < 4.78 is 0. The normalized spacial score (nSPS) is 17.1. The first-order valence-corrected chi connectivity index (χ1v) is 7.42. The number of nitrogens with one attached hydrogen (secondary N) is 1. The molecule has 1 aromatic rings. The van der Waals surface area contributed by atoms with E-state index in [1.807, 2.05) is 25.1 Å². The van der Waals surface area contributed by atoms with Crippen LogP contribution in [0, 0.1) is 0 Å². The van der Waals surface area contributed by atoms with Gasteiger partial charge in [-0.1, -0.05) is 12.1 Å².